The third-order valence-electron chi connectivity index (χ3n) is 4.34. The molecule has 1 aromatic carbocycles. The molecular weight excluding hydrogens is 287 g/mol. The molecule has 2 saturated heterocycles. The van der Waals surface area contributed by atoms with Crippen molar-refractivity contribution < 1.29 is 18.7 Å². The Morgan fingerprint density at radius 2 is 2.05 bits per heavy atom. The monoisotopic (exact) mass is 306 g/mol. The molecule has 2 aliphatic rings. The van der Waals surface area contributed by atoms with Crippen molar-refractivity contribution in [1.29, 1.82) is 0 Å². The number of carbonyl (C=O) groups is 2. The zero-order valence-electron chi connectivity index (χ0n) is 12.3. The van der Waals surface area contributed by atoms with E-state index in [1.807, 2.05) is 0 Å². The number of ether oxygens (including phenoxy) is 1. The summed E-state index contributed by atoms with van der Waals surface area (Å²) in [6, 6.07) is 5.74. The van der Waals surface area contributed by atoms with Gasteiger partial charge in [-0.15, -0.1) is 0 Å². The van der Waals surface area contributed by atoms with E-state index in [9.17, 15) is 14.0 Å². The maximum Gasteiger partial charge on any atom is 0.323 e. The van der Waals surface area contributed by atoms with Gasteiger partial charge < -0.3 is 10.1 Å². The zero-order valence-corrected chi connectivity index (χ0v) is 12.3. The minimum atomic E-state index is -0.368. The third kappa shape index (κ3) is 3.27. The molecule has 22 heavy (non-hydrogen) atoms. The van der Waals surface area contributed by atoms with E-state index >= 15 is 0 Å². The van der Waals surface area contributed by atoms with Crippen molar-refractivity contribution in [3.63, 3.8) is 0 Å². The lowest BCUT2D eigenvalue weighted by molar-refractivity contribution is -0.142. The maximum absolute atomic E-state index is 13.1. The van der Waals surface area contributed by atoms with E-state index in [-0.39, 0.29) is 29.7 Å². The number of nitrogens with one attached hydrogen (secondary N) is 1. The number of nitrogens with zero attached hydrogens (tertiary/aromatic N) is 1. The number of amides is 1. The molecule has 0 aliphatic carbocycles. The smallest absolute Gasteiger partial charge is 0.323 e. The predicted molar refractivity (Wildman–Crippen MR) is 78.7 cm³/mol. The van der Waals surface area contributed by atoms with Crippen LogP contribution in [0.15, 0.2) is 24.3 Å². The fourth-order valence-electron chi connectivity index (χ4n) is 3.10. The highest BCUT2D eigenvalue weighted by atomic mass is 19.1. The van der Waals surface area contributed by atoms with E-state index in [4.69, 9.17) is 4.74 Å². The first kappa shape index (κ1) is 15.0. The molecule has 1 amide bonds. The van der Waals surface area contributed by atoms with Crippen LogP contribution < -0.4 is 5.32 Å². The van der Waals surface area contributed by atoms with Gasteiger partial charge in [-0.1, -0.05) is 6.07 Å². The molecule has 0 saturated carbocycles. The molecule has 0 radical (unpaired) electrons. The van der Waals surface area contributed by atoms with E-state index < -0.39 is 0 Å². The molecular formula is C16H19FN2O3. The number of hydrogen-bond acceptors (Lipinski definition) is 4. The molecule has 1 unspecified atom stereocenters. The van der Waals surface area contributed by atoms with Crippen molar-refractivity contribution in [1.82, 2.24) is 4.90 Å². The van der Waals surface area contributed by atoms with Crippen LogP contribution in [0.25, 0.3) is 0 Å². The van der Waals surface area contributed by atoms with Gasteiger partial charge in [0, 0.05) is 18.0 Å². The van der Waals surface area contributed by atoms with E-state index in [0.717, 1.165) is 6.42 Å². The fourth-order valence-corrected chi connectivity index (χ4v) is 3.10. The summed E-state index contributed by atoms with van der Waals surface area (Å²) in [7, 11) is 0. The number of esters is 1. The average Bonchev–Trinajstić information content (AvgIpc) is 2.93. The molecule has 1 aromatic rings. The second-order valence-electron chi connectivity index (χ2n) is 5.78. The molecule has 0 aromatic heterocycles. The number of likely N-dealkylation sites (tertiary alicyclic amines) is 1. The lowest BCUT2D eigenvalue weighted by Gasteiger charge is -2.33. The number of anilines is 1. The third-order valence-corrected chi connectivity index (χ3v) is 4.34. The molecule has 0 spiro atoms. The number of rotatable bonds is 3. The Balaban J connectivity index is 1.52. The molecule has 1 atom stereocenters. The van der Waals surface area contributed by atoms with Crippen LogP contribution in [0.3, 0.4) is 0 Å². The molecule has 3 rings (SSSR count). The SMILES string of the molecule is O=C(Nc1cccc(F)c1)C1CCN(C2CCOC2=O)CC1. The van der Waals surface area contributed by atoms with Crippen LogP contribution >= 0.6 is 0 Å². The lowest BCUT2D eigenvalue weighted by atomic mass is 9.94. The zero-order chi connectivity index (χ0) is 15.5. The first-order valence-corrected chi connectivity index (χ1v) is 7.60. The Morgan fingerprint density at radius 1 is 1.27 bits per heavy atom. The molecule has 0 bridgehead atoms. The van der Waals surface area contributed by atoms with Crippen LogP contribution in [0.2, 0.25) is 0 Å². The van der Waals surface area contributed by atoms with Gasteiger partial charge in [-0.2, -0.15) is 0 Å². The minimum Gasteiger partial charge on any atom is -0.464 e. The second-order valence-corrected chi connectivity index (χ2v) is 5.78. The predicted octanol–water partition coefficient (Wildman–Crippen LogP) is 1.79. The van der Waals surface area contributed by atoms with Crippen molar-refractivity contribution in [3.05, 3.63) is 30.1 Å². The first-order chi connectivity index (χ1) is 10.6. The van der Waals surface area contributed by atoms with Gasteiger partial charge in [-0.25, -0.2) is 4.39 Å². The normalized spacial score (nSPS) is 23.3. The largest absolute Gasteiger partial charge is 0.464 e. The van der Waals surface area contributed by atoms with Gasteiger partial charge in [-0.3, -0.25) is 14.5 Å². The molecule has 2 fully saturated rings. The molecule has 2 aliphatic heterocycles. The number of benzene rings is 1. The molecule has 1 N–H and O–H groups in total. The van der Waals surface area contributed by atoms with Gasteiger partial charge in [0.15, 0.2) is 0 Å². The summed E-state index contributed by atoms with van der Waals surface area (Å²) in [5, 5.41) is 2.76. The summed E-state index contributed by atoms with van der Waals surface area (Å²) >= 11 is 0. The van der Waals surface area contributed by atoms with Crippen molar-refractivity contribution >= 4 is 17.6 Å². The standard InChI is InChI=1S/C16H19FN2O3/c17-12-2-1-3-13(10-12)18-15(20)11-4-7-19(8-5-11)14-6-9-22-16(14)21/h1-3,10-11,14H,4-9H2,(H,18,20). The van der Waals surface area contributed by atoms with Gasteiger partial charge in [0.2, 0.25) is 5.91 Å². The van der Waals surface area contributed by atoms with Crippen LogP contribution in [0.1, 0.15) is 19.3 Å². The van der Waals surface area contributed by atoms with Gasteiger partial charge in [0.05, 0.1) is 6.61 Å². The van der Waals surface area contributed by atoms with Crippen LogP contribution in [-0.4, -0.2) is 42.5 Å². The van der Waals surface area contributed by atoms with E-state index in [0.29, 0.717) is 38.2 Å². The van der Waals surface area contributed by atoms with Crippen molar-refractivity contribution in [2.45, 2.75) is 25.3 Å². The highest BCUT2D eigenvalue weighted by molar-refractivity contribution is 5.92. The highest BCUT2D eigenvalue weighted by Gasteiger charge is 2.35. The van der Waals surface area contributed by atoms with Crippen LogP contribution in [-0.2, 0) is 14.3 Å². The summed E-state index contributed by atoms with van der Waals surface area (Å²) in [6.07, 6.45) is 2.13. The Kier molecular flexibility index (Phi) is 4.38. The number of halogens is 1. The Hall–Kier alpha value is -1.95. The summed E-state index contributed by atoms with van der Waals surface area (Å²) in [4.78, 5) is 25.9. The topological polar surface area (TPSA) is 58.6 Å². The molecule has 118 valence electrons. The number of carbonyl (C=O) groups excluding carboxylic acids is 2. The van der Waals surface area contributed by atoms with Crippen LogP contribution in [0.4, 0.5) is 10.1 Å². The Bertz CT molecular complexity index is 570. The number of cyclic esters (lactones) is 1. The van der Waals surface area contributed by atoms with Gasteiger partial charge >= 0.3 is 5.97 Å². The molecule has 5 nitrogen and oxygen atoms in total. The quantitative estimate of drug-likeness (QED) is 0.865. The Labute approximate surface area is 128 Å². The first-order valence-electron chi connectivity index (χ1n) is 7.60. The summed E-state index contributed by atoms with van der Waals surface area (Å²) in [5.41, 5.74) is 0.479. The van der Waals surface area contributed by atoms with Crippen molar-refractivity contribution in [3.8, 4) is 0 Å². The summed E-state index contributed by atoms with van der Waals surface area (Å²) < 4.78 is 18.1. The van der Waals surface area contributed by atoms with Gasteiger partial charge in [-0.05, 0) is 44.1 Å². The molecule has 6 heteroatoms. The van der Waals surface area contributed by atoms with E-state index in [1.165, 1.54) is 12.1 Å². The van der Waals surface area contributed by atoms with Crippen LogP contribution in [0.5, 0.6) is 0 Å². The van der Waals surface area contributed by atoms with Crippen molar-refractivity contribution in [2.75, 3.05) is 25.0 Å². The van der Waals surface area contributed by atoms with E-state index in [2.05, 4.69) is 10.2 Å². The second kappa shape index (κ2) is 6.44. The minimum absolute atomic E-state index is 0.0840. The van der Waals surface area contributed by atoms with E-state index in [1.54, 1.807) is 12.1 Å². The Morgan fingerprint density at radius 3 is 2.68 bits per heavy atom. The van der Waals surface area contributed by atoms with Crippen LogP contribution in [0, 0.1) is 11.7 Å². The molecule has 2 heterocycles. The number of piperidine rings is 1. The number of hydrogen-bond donors (Lipinski definition) is 1. The lowest BCUT2D eigenvalue weighted by Crippen LogP contribution is -2.45. The van der Waals surface area contributed by atoms with Crippen molar-refractivity contribution in [2.24, 2.45) is 5.92 Å². The van der Waals surface area contributed by atoms with Gasteiger partial charge in [0.1, 0.15) is 11.9 Å². The highest BCUT2D eigenvalue weighted by Crippen LogP contribution is 2.24. The maximum atomic E-state index is 13.1. The van der Waals surface area contributed by atoms with Gasteiger partial charge in [0.25, 0.3) is 0 Å². The fraction of sp³-hybridized carbons (Fsp3) is 0.500. The average molecular weight is 306 g/mol. The summed E-state index contributed by atoms with van der Waals surface area (Å²) in [5.74, 6) is -0.703. The summed E-state index contributed by atoms with van der Waals surface area (Å²) in [6.45, 7) is 1.91.